The summed E-state index contributed by atoms with van der Waals surface area (Å²) in [5, 5.41) is 0. The molecule has 0 amide bonds. The quantitative estimate of drug-likeness (QED) is 0.718. The molecule has 2 N–H and O–H groups in total. The third kappa shape index (κ3) is 2.72. The first kappa shape index (κ1) is 12.5. The SMILES string of the molecule is Cl.Cl.NC1COc2ncccc2C1. The van der Waals surface area contributed by atoms with Crippen molar-refractivity contribution in [2.45, 2.75) is 12.5 Å². The Morgan fingerprint density at radius 2 is 2.23 bits per heavy atom. The first-order chi connectivity index (χ1) is 5.36. The summed E-state index contributed by atoms with van der Waals surface area (Å²) in [4.78, 5) is 4.08. The molecule has 1 aliphatic rings. The third-order valence-electron chi connectivity index (χ3n) is 1.77. The van der Waals surface area contributed by atoms with Gasteiger partial charge in [0.1, 0.15) is 6.61 Å². The number of fused-ring (bicyclic) bond motifs is 1. The van der Waals surface area contributed by atoms with Gasteiger partial charge in [-0.25, -0.2) is 4.98 Å². The summed E-state index contributed by atoms with van der Waals surface area (Å²) >= 11 is 0. The Kier molecular flexibility index (Phi) is 5.06. The molecule has 0 spiro atoms. The summed E-state index contributed by atoms with van der Waals surface area (Å²) in [6.45, 7) is 0.587. The third-order valence-corrected chi connectivity index (χ3v) is 1.77. The molecule has 3 nitrogen and oxygen atoms in total. The summed E-state index contributed by atoms with van der Waals surface area (Å²) in [5.41, 5.74) is 6.81. The molecule has 0 saturated heterocycles. The van der Waals surface area contributed by atoms with Crippen LogP contribution in [-0.4, -0.2) is 17.6 Å². The minimum absolute atomic E-state index is 0. The van der Waals surface area contributed by atoms with Crippen molar-refractivity contribution in [2.75, 3.05) is 6.61 Å². The monoisotopic (exact) mass is 222 g/mol. The number of aromatic nitrogens is 1. The van der Waals surface area contributed by atoms with Crippen LogP contribution in [0.3, 0.4) is 0 Å². The maximum Gasteiger partial charge on any atom is 0.216 e. The Labute approximate surface area is 89.5 Å². The van der Waals surface area contributed by atoms with E-state index >= 15 is 0 Å². The lowest BCUT2D eigenvalue weighted by Crippen LogP contribution is -2.34. The summed E-state index contributed by atoms with van der Waals surface area (Å²) in [6.07, 6.45) is 2.61. The number of nitrogens with two attached hydrogens (primary N) is 1. The highest BCUT2D eigenvalue weighted by atomic mass is 35.5. The van der Waals surface area contributed by atoms with Gasteiger partial charge >= 0.3 is 0 Å². The molecule has 5 heteroatoms. The minimum Gasteiger partial charge on any atom is -0.476 e. The van der Waals surface area contributed by atoms with Crippen LogP contribution in [-0.2, 0) is 6.42 Å². The largest absolute Gasteiger partial charge is 0.476 e. The zero-order valence-corrected chi connectivity index (χ0v) is 8.61. The van der Waals surface area contributed by atoms with E-state index in [0.29, 0.717) is 6.61 Å². The Hall–Kier alpha value is -0.510. The van der Waals surface area contributed by atoms with Gasteiger partial charge in [-0.3, -0.25) is 0 Å². The number of hydrogen-bond acceptors (Lipinski definition) is 3. The van der Waals surface area contributed by atoms with Crippen molar-refractivity contribution in [3.8, 4) is 5.88 Å². The van der Waals surface area contributed by atoms with Crippen LogP contribution in [0, 0.1) is 0 Å². The van der Waals surface area contributed by atoms with Crippen molar-refractivity contribution in [3.63, 3.8) is 0 Å². The van der Waals surface area contributed by atoms with Gasteiger partial charge in [0, 0.05) is 17.8 Å². The first-order valence-corrected chi connectivity index (χ1v) is 3.68. The number of hydrogen-bond donors (Lipinski definition) is 1. The van der Waals surface area contributed by atoms with Crippen LogP contribution in [0.25, 0.3) is 0 Å². The fraction of sp³-hybridized carbons (Fsp3) is 0.375. The van der Waals surface area contributed by atoms with E-state index in [-0.39, 0.29) is 30.9 Å². The van der Waals surface area contributed by atoms with Crippen molar-refractivity contribution < 1.29 is 4.74 Å². The van der Waals surface area contributed by atoms with Gasteiger partial charge in [0.2, 0.25) is 5.88 Å². The maximum absolute atomic E-state index is 5.70. The van der Waals surface area contributed by atoms with Gasteiger partial charge in [-0.1, -0.05) is 6.07 Å². The van der Waals surface area contributed by atoms with E-state index < -0.39 is 0 Å². The van der Waals surface area contributed by atoms with Gasteiger partial charge in [-0.05, 0) is 12.5 Å². The molecule has 13 heavy (non-hydrogen) atoms. The number of rotatable bonds is 0. The zero-order chi connectivity index (χ0) is 7.68. The van der Waals surface area contributed by atoms with Crippen molar-refractivity contribution in [1.29, 1.82) is 0 Å². The van der Waals surface area contributed by atoms with Crippen LogP contribution in [0.4, 0.5) is 0 Å². The second-order valence-electron chi connectivity index (χ2n) is 2.74. The molecular weight excluding hydrogens is 211 g/mol. The standard InChI is InChI=1S/C8H10N2O.2ClH/c9-7-4-6-2-1-3-10-8(6)11-5-7;;/h1-3,7H,4-5,9H2;2*1H. The smallest absolute Gasteiger partial charge is 0.216 e. The van der Waals surface area contributed by atoms with Crippen LogP contribution in [0.5, 0.6) is 5.88 Å². The van der Waals surface area contributed by atoms with Crippen LogP contribution < -0.4 is 10.5 Å². The summed E-state index contributed by atoms with van der Waals surface area (Å²) in [7, 11) is 0. The highest BCUT2D eigenvalue weighted by Crippen LogP contribution is 2.19. The number of nitrogens with zero attached hydrogens (tertiary/aromatic N) is 1. The van der Waals surface area contributed by atoms with E-state index in [4.69, 9.17) is 10.5 Å². The van der Waals surface area contributed by atoms with Gasteiger partial charge in [-0.15, -0.1) is 24.8 Å². The highest BCUT2D eigenvalue weighted by molar-refractivity contribution is 5.85. The Morgan fingerprint density at radius 1 is 1.46 bits per heavy atom. The number of ether oxygens (including phenoxy) is 1. The van der Waals surface area contributed by atoms with Gasteiger partial charge in [0.05, 0.1) is 0 Å². The normalized spacial score (nSPS) is 18.7. The van der Waals surface area contributed by atoms with Crippen LogP contribution in [0.15, 0.2) is 18.3 Å². The molecule has 2 heterocycles. The average Bonchev–Trinajstić information content (AvgIpc) is 2.04. The van der Waals surface area contributed by atoms with E-state index in [1.807, 2.05) is 12.1 Å². The first-order valence-electron chi connectivity index (χ1n) is 3.68. The lowest BCUT2D eigenvalue weighted by molar-refractivity contribution is 0.253. The lowest BCUT2D eigenvalue weighted by Gasteiger charge is -2.20. The molecule has 0 fully saturated rings. The topological polar surface area (TPSA) is 48.1 Å². The zero-order valence-electron chi connectivity index (χ0n) is 6.97. The molecule has 1 aliphatic heterocycles. The van der Waals surface area contributed by atoms with E-state index in [1.54, 1.807) is 6.20 Å². The molecule has 0 radical (unpaired) electrons. The van der Waals surface area contributed by atoms with Crippen LogP contribution in [0.2, 0.25) is 0 Å². The molecule has 0 bridgehead atoms. The minimum atomic E-state index is 0. The summed E-state index contributed by atoms with van der Waals surface area (Å²) in [5.74, 6) is 0.745. The average molecular weight is 223 g/mol. The molecule has 1 aromatic heterocycles. The van der Waals surface area contributed by atoms with E-state index in [2.05, 4.69) is 4.98 Å². The van der Waals surface area contributed by atoms with Crippen molar-refractivity contribution >= 4 is 24.8 Å². The predicted molar refractivity (Wildman–Crippen MR) is 55.9 cm³/mol. The van der Waals surface area contributed by atoms with Gasteiger partial charge in [0.15, 0.2) is 0 Å². The van der Waals surface area contributed by atoms with E-state index in [0.717, 1.165) is 17.9 Å². The Balaban J connectivity index is 0.000000720. The molecular formula is C8H12Cl2N2O. The molecule has 2 rings (SSSR count). The van der Waals surface area contributed by atoms with Crippen LogP contribution >= 0.6 is 24.8 Å². The second-order valence-corrected chi connectivity index (χ2v) is 2.74. The maximum atomic E-state index is 5.70. The molecule has 0 saturated carbocycles. The van der Waals surface area contributed by atoms with Gasteiger partial charge in [-0.2, -0.15) is 0 Å². The Bertz CT molecular complexity index is 270. The Morgan fingerprint density at radius 3 is 3.00 bits per heavy atom. The van der Waals surface area contributed by atoms with E-state index in [9.17, 15) is 0 Å². The molecule has 1 atom stereocenters. The molecule has 1 aromatic rings. The van der Waals surface area contributed by atoms with Gasteiger partial charge in [0.25, 0.3) is 0 Å². The number of pyridine rings is 1. The fourth-order valence-corrected chi connectivity index (χ4v) is 1.24. The summed E-state index contributed by atoms with van der Waals surface area (Å²) in [6, 6.07) is 4.04. The predicted octanol–water partition coefficient (Wildman–Crippen LogP) is 1.19. The second kappa shape index (κ2) is 5.27. The lowest BCUT2D eigenvalue weighted by atomic mass is 10.1. The van der Waals surface area contributed by atoms with Crippen molar-refractivity contribution in [1.82, 2.24) is 4.98 Å². The van der Waals surface area contributed by atoms with E-state index in [1.165, 1.54) is 0 Å². The van der Waals surface area contributed by atoms with Crippen molar-refractivity contribution in [2.24, 2.45) is 5.73 Å². The molecule has 0 aromatic carbocycles. The van der Waals surface area contributed by atoms with Crippen molar-refractivity contribution in [3.05, 3.63) is 23.9 Å². The fourth-order valence-electron chi connectivity index (χ4n) is 1.24. The van der Waals surface area contributed by atoms with Gasteiger partial charge < -0.3 is 10.5 Å². The molecule has 74 valence electrons. The molecule has 0 aliphatic carbocycles. The summed E-state index contributed by atoms with van der Waals surface area (Å²) < 4.78 is 5.30. The van der Waals surface area contributed by atoms with Crippen LogP contribution in [0.1, 0.15) is 5.56 Å². The highest BCUT2D eigenvalue weighted by Gasteiger charge is 2.16. The number of halogens is 2. The molecule has 1 unspecified atom stereocenters.